The third-order valence-corrected chi connectivity index (χ3v) is 7.81. The minimum atomic E-state index is -0.966. The van der Waals surface area contributed by atoms with Crippen LogP contribution in [-0.4, -0.2) is 84.1 Å². The van der Waals surface area contributed by atoms with Gasteiger partial charge in [-0.05, 0) is 54.0 Å². The summed E-state index contributed by atoms with van der Waals surface area (Å²) < 4.78 is 16.6. The van der Waals surface area contributed by atoms with Gasteiger partial charge in [0.15, 0.2) is 18.1 Å². The minimum Gasteiger partial charge on any atom is -0.483 e. The molecule has 37 heavy (non-hydrogen) atoms. The lowest BCUT2D eigenvalue weighted by Crippen LogP contribution is -2.51. The Hall–Kier alpha value is -3.30. The third kappa shape index (κ3) is 5.67. The molecule has 9 heteroatoms. The number of likely N-dealkylation sites (tertiary alicyclic amines) is 1. The molecule has 0 unspecified atom stereocenters. The van der Waals surface area contributed by atoms with E-state index >= 15 is 0 Å². The highest BCUT2D eigenvalue weighted by molar-refractivity contribution is 5.79. The molecule has 1 fully saturated rings. The van der Waals surface area contributed by atoms with Crippen LogP contribution in [0.2, 0.25) is 0 Å². The van der Waals surface area contributed by atoms with Crippen LogP contribution >= 0.6 is 0 Å². The summed E-state index contributed by atoms with van der Waals surface area (Å²) in [5.41, 5.74) is 1.20. The zero-order valence-electron chi connectivity index (χ0n) is 21.1. The molecule has 2 N–H and O–H groups in total. The number of carbonyl (C=O) groups is 2. The number of fused-ring (bicyclic) bond motifs is 2. The van der Waals surface area contributed by atoms with Crippen molar-refractivity contribution in [2.24, 2.45) is 5.41 Å². The topological polar surface area (TPSA) is 109 Å². The summed E-state index contributed by atoms with van der Waals surface area (Å²) in [6.45, 7) is 1.56. The molecule has 0 aromatic heterocycles. The smallest absolute Gasteiger partial charge is 0.260 e. The van der Waals surface area contributed by atoms with E-state index in [1.165, 1.54) is 0 Å². The lowest BCUT2D eigenvalue weighted by atomic mass is 9.72. The lowest BCUT2D eigenvalue weighted by Gasteiger charge is -2.45. The Morgan fingerprint density at radius 2 is 1.76 bits per heavy atom. The van der Waals surface area contributed by atoms with Gasteiger partial charge < -0.3 is 34.2 Å². The van der Waals surface area contributed by atoms with Crippen molar-refractivity contribution in [1.29, 1.82) is 0 Å². The number of aliphatic hydroxyl groups is 2. The van der Waals surface area contributed by atoms with Gasteiger partial charge in [0, 0.05) is 33.1 Å². The molecule has 1 saturated heterocycles. The molecule has 3 aliphatic rings. The number of likely N-dealkylation sites (N-methyl/N-ethyl adjacent to an activating group) is 1. The average molecular weight is 511 g/mol. The van der Waals surface area contributed by atoms with E-state index in [1.54, 1.807) is 18.0 Å². The van der Waals surface area contributed by atoms with Gasteiger partial charge in [-0.15, -0.1) is 0 Å². The fourth-order valence-corrected chi connectivity index (χ4v) is 5.59. The molecule has 5 rings (SSSR count). The quantitative estimate of drug-likeness (QED) is 0.634. The Morgan fingerprint density at radius 1 is 1.00 bits per heavy atom. The van der Waals surface area contributed by atoms with Crippen LogP contribution in [0.3, 0.4) is 0 Å². The molecular formula is C28H34N2O7. The van der Waals surface area contributed by atoms with E-state index in [9.17, 15) is 19.8 Å². The van der Waals surface area contributed by atoms with E-state index in [4.69, 9.17) is 14.2 Å². The normalized spacial score (nSPS) is 23.6. The molecule has 9 nitrogen and oxygen atoms in total. The van der Waals surface area contributed by atoms with Crippen LogP contribution in [0.4, 0.5) is 0 Å². The number of benzene rings is 2. The van der Waals surface area contributed by atoms with Crippen molar-refractivity contribution in [3.8, 4) is 17.2 Å². The number of rotatable bonds is 2. The molecule has 0 aliphatic carbocycles. The molecule has 0 saturated carbocycles. The van der Waals surface area contributed by atoms with E-state index in [0.29, 0.717) is 56.1 Å². The number of piperidine rings is 1. The second kappa shape index (κ2) is 10.6. The maximum absolute atomic E-state index is 13.1. The van der Waals surface area contributed by atoms with Gasteiger partial charge in [-0.2, -0.15) is 0 Å². The van der Waals surface area contributed by atoms with Gasteiger partial charge in [-0.1, -0.05) is 24.3 Å². The summed E-state index contributed by atoms with van der Waals surface area (Å²) in [6.07, 6.45) is 0.160. The number of hydrogen-bond donors (Lipinski definition) is 2. The lowest BCUT2D eigenvalue weighted by molar-refractivity contribution is -0.138. The highest BCUT2D eigenvalue weighted by Gasteiger charge is 2.41. The monoisotopic (exact) mass is 510 g/mol. The molecule has 2 amide bonds. The fraction of sp³-hybridized carbons (Fsp3) is 0.500. The number of amides is 2. The van der Waals surface area contributed by atoms with Crippen molar-refractivity contribution in [3.05, 3.63) is 53.6 Å². The molecular weight excluding hydrogens is 476 g/mol. The average Bonchev–Trinajstić information content (AvgIpc) is 3.35. The van der Waals surface area contributed by atoms with E-state index in [0.717, 1.165) is 11.1 Å². The number of hydrogen-bond acceptors (Lipinski definition) is 7. The SMILES string of the molecule is CN1CC2(CCN(C(=O)Cc3ccc4c(c3)OCO4)CC2)C[C@@H](O)[C@@H](O)Cc2ccccc2OCC1=O. The van der Waals surface area contributed by atoms with Crippen LogP contribution in [0, 0.1) is 5.41 Å². The van der Waals surface area contributed by atoms with E-state index in [-0.39, 0.29) is 38.1 Å². The molecule has 0 radical (unpaired) electrons. The van der Waals surface area contributed by atoms with Gasteiger partial charge in [0.1, 0.15) is 5.75 Å². The molecule has 2 atom stereocenters. The number of aliphatic hydroxyl groups excluding tert-OH is 2. The second-order valence-electron chi connectivity index (χ2n) is 10.4. The summed E-state index contributed by atoms with van der Waals surface area (Å²) in [4.78, 5) is 29.4. The predicted molar refractivity (Wildman–Crippen MR) is 134 cm³/mol. The maximum atomic E-state index is 13.1. The summed E-state index contributed by atoms with van der Waals surface area (Å²) in [7, 11) is 1.74. The molecule has 2 aromatic rings. The van der Waals surface area contributed by atoms with Crippen molar-refractivity contribution in [3.63, 3.8) is 0 Å². The standard InChI is InChI=1S/C28H34N2O7/c1-29-17-28(15-22(32)21(31)14-20-4-2-3-5-23(20)35-16-27(29)34)8-10-30(11-9-28)26(33)13-19-6-7-24-25(12-19)37-18-36-24/h2-7,12,21-22,31-32H,8-11,13-18H2,1H3/t21-,22+/m0/s1. The van der Waals surface area contributed by atoms with Gasteiger partial charge in [-0.25, -0.2) is 0 Å². The van der Waals surface area contributed by atoms with Crippen LogP contribution < -0.4 is 14.2 Å². The van der Waals surface area contributed by atoms with Gasteiger partial charge in [0.25, 0.3) is 5.91 Å². The Kier molecular flexibility index (Phi) is 7.26. The fourth-order valence-electron chi connectivity index (χ4n) is 5.59. The van der Waals surface area contributed by atoms with Crippen molar-refractivity contribution in [1.82, 2.24) is 9.80 Å². The van der Waals surface area contributed by atoms with Crippen molar-refractivity contribution < 1.29 is 34.0 Å². The Bertz CT molecular complexity index is 1150. The number of carbonyl (C=O) groups excluding carboxylic acids is 2. The van der Waals surface area contributed by atoms with Crippen LogP contribution in [0.5, 0.6) is 17.2 Å². The third-order valence-electron chi connectivity index (χ3n) is 7.81. The van der Waals surface area contributed by atoms with Crippen LogP contribution in [0.1, 0.15) is 30.4 Å². The molecule has 198 valence electrons. The maximum Gasteiger partial charge on any atom is 0.260 e. The minimum absolute atomic E-state index is 0.0249. The van der Waals surface area contributed by atoms with E-state index < -0.39 is 17.6 Å². The van der Waals surface area contributed by atoms with Crippen LogP contribution in [0.25, 0.3) is 0 Å². The molecule has 0 bridgehead atoms. The van der Waals surface area contributed by atoms with E-state index in [2.05, 4.69) is 0 Å². The predicted octanol–water partition coefficient (Wildman–Crippen LogP) is 1.77. The number of para-hydroxylation sites is 1. The largest absolute Gasteiger partial charge is 0.483 e. The number of nitrogens with zero attached hydrogens (tertiary/aromatic N) is 2. The van der Waals surface area contributed by atoms with Crippen molar-refractivity contribution in [2.45, 2.75) is 44.3 Å². The van der Waals surface area contributed by atoms with Gasteiger partial charge >= 0.3 is 0 Å². The first-order valence-corrected chi connectivity index (χ1v) is 12.8. The first-order chi connectivity index (χ1) is 17.8. The Labute approximate surface area is 216 Å². The molecule has 3 aliphatic heterocycles. The van der Waals surface area contributed by atoms with Gasteiger partial charge in [0.05, 0.1) is 18.6 Å². The molecule has 2 aromatic carbocycles. The Morgan fingerprint density at radius 3 is 2.57 bits per heavy atom. The highest BCUT2D eigenvalue weighted by Crippen LogP contribution is 2.39. The first-order valence-electron chi connectivity index (χ1n) is 12.8. The molecule has 1 spiro atoms. The van der Waals surface area contributed by atoms with E-state index in [1.807, 2.05) is 41.3 Å². The van der Waals surface area contributed by atoms with Crippen LogP contribution in [0.15, 0.2) is 42.5 Å². The van der Waals surface area contributed by atoms with Gasteiger partial charge in [-0.3, -0.25) is 9.59 Å². The Balaban J connectivity index is 1.27. The summed E-state index contributed by atoms with van der Waals surface area (Å²) in [5, 5.41) is 21.8. The first kappa shape index (κ1) is 25.4. The zero-order chi connectivity index (χ0) is 26.0. The number of ether oxygens (including phenoxy) is 3. The summed E-state index contributed by atoms with van der Waals surface area (Å²) >= 11 is 0. The molecule has 3 heterocycles. The van der Waals surface area contributed by atoms with Gasteiger partial charge in [0.2, 0.25) is 12.7 Å². The summed E-state index contributed by atoms with van der Waals surface area (Å²) in [6, 6.07) is 12.8. The second-order valence-corrected chi connectivity index (χ2v) is 10.4. The summed E-state index contributed by atoms with van der Waals surface area (Å²) in [5.74, 6) is 1.76. The zero-order valence-corrected chi connectivity index (χ0v) is 21.1. The highest BCUT2D eigenvalue weighted by atomic mass is 16.7. The van der Waals surface area contributed by atoms with Crippen molar-refractivity contribution >= 4 is 11.8 Å². The van der Waals surface area contributed by atoms with Crippen molar-refractivity contribution in [2.75, 3.05) is 40.1 Å². The van der Waals surface area contributed by atoms with Crippen LogP contribution in [-0.2, 0) is 22.4 Å².